The summed E-state index contributed by atoms with van der Waals surface area (Å²) < 4.78 is 0. The third-order valence-corrected chi connectivity index (χ3v) is 5.16. The van der Waals surface area contributed by atoms with Gasteiger partial charge in [0.15, 0.2) is 0 Å². The van der Waals surface area contributed by atoms with Crippen LogP contribution in [0.2, 0.25) is 10.0 Å². The van der Waals surface area contributed by atoms with Crippen molar-refractivity contribution in [3.8, 4) is 0 Å². The average molecular weight is 348 g/mol. The van der Waals surface area contributed by atoms with Crippen LogP contribution in [-0.4, -0.2) is 11.8 Å². The number of imide groups is 1. The maximum Gasteiger partial charge on any atom is 0.241 e. The Hall–Kier alpha value is -1.84. The van der Waals surface area contributed by atoms with E-state index in [9.17, 15) is 9.59 Å². The highest BCUT2D eigenvalue weighted by Gasteiger charge is 2.39. The van der Waals surface area contributed by atoms with Gasteiger partial charge in [0.05, 0.1) is 21.7 Å². The molecule has 3 rings (SSSR count). The minimum absolute atomic E-state index is 0.191. The zero-order valence-corrected chi connectivity index (χ0v) is 14.3. The van der Waals surface area contributed by atoms with Crippen molar-refractivity contribution >= 4 is 40.7 Å². The Bertz CT molecular complexity index is 817. The second kappa shape index (κ2) is 5.99. The monoisotopic (exact) mass is 347 g/mol. The number of amides is 2. The Balaban J connectivity index is 2.03. The van der Waals surface area contributed by atoms with E-state index in [1.54, 1.807) is 12.1 Å². The van der Waals surface area contributed by atoms with E-state index >= 15 is 0 Å². The standard InChI is InChI=1S/C18H15Cl2NO2/c1-10-12(7-8-15(19)17(10)20)9-14-13-5-3-4-6-16(13)21(11(2)22)18(14)23/h3-8,14H,9H2,1-2H3. The lowest BCUT2D eigenvalue weighted by Gasteiger charge is -2.15. The molecular formula is C18H15Cl2NO2. The van der Waals surface area contributed by atoms with E-state index in [-0.39, 0.29) is 17.7 Å². The number of nitrogens with zero attached hydrogens (tertiary/aromatic N) is 1. The maximum atomic E-state index is 12.7. The van der Waals surface area contributed by atoms with Crippen LogP contribution in [0.15, 0.2) is 36.4 Å². The largest absolute Gasteiger partial charge is 0.274 e. The Morgan fingerprint density at radius 3 is 2.57 bits per heavy atom. The van der Waals surface area contributed by atoms with Crippen LogP contribution in [0.1, 0.15) is 29.5 Å². The molecule has 1 aliphatic heterocycles. The lowest BCUT2D eigenvalue weighted by molar-refractivity contribution is -0.125. The third kappa shape index (κ3) is 2.64. The number of anilines is 1. The molecule has 2 amide bonds. The average Bonchev–Trinajstić information content (AvgIpc) is 2.80. The molecule has 3 nitrogen and oxygen atoms in total. The second-order valence-electron chi connectivity index (χ2n) is 5.65. The molecule has 1 unspecified atom stereocenters. The first-order chi connectivity index (χ1) is 10.9. The van der Waals surface area contributed by atoms with Crippen molar-refractivity contribution in [2.45, 2.75) is 26.2 Å². The van der Waals surface area contributed by atoms with Crippen LogP contribution in [0, 0.1) is 6.92 Å². The van der Waals surface area contributed by atoms with Crippen LogP contribution in [0.3, 0.4) is 0 Å². The fourth-order valence-corrected chi connectivity index (χ4v) is 3.44. The fourth-order valence-electron chi connectivity index (χ4n) is 3.05. The number of carbonyl (C=O) groups excluding carboxylic acids is 2. The van der Waals surface area contributed by atoms with Gasteiger partial charge in [0.1, 0.15) is 0 Å². The van der Waals surface area contributed by atoms with E-state index in [0.29, 0.717) is 22.2 Å². The SMILES string of the molecule is CC(=O)N1C(=O)C(Cc2ccc(Cl)c(Cl)c2C)c2ccccc21. The van der Waals surface area contributed by atoms with Gasteiger partial charge in [-0.25, -0.2) is 4.90 Å². The molecule has 0 bridgehead atoms. The number of benzene rings is 2. The molecule has 0 saturated heterocycles. The quantitative estimate of drug-likeness (QED) is 0.800. The maximum absolute atomic E-state index is 12.7. The molecule has 0 fully saturated rings. The van der Waals surface area contributed by atoms with Gasteiger partial charge in [0.2, 0.25) is 11.8 Å². The number of hydrogen-bond donors (Lipinski definition) is 0. The summed E-state index contributed by atoms with van der Waals surface area (Å²) in [4.78, 5) is 25.8. The summed E-state index contributed by atoms with van der Waals surface area (Å²) in [5.74, 6) is -0.842. The highest BCUT2D eigenvalue weighted by atomic mass is 35.5. The summed E-state index contributed by atoms with van der Waals surface area (Å²) in [5.41, 5.74) is 3.37. The lowest BCUT2D eigenvalue weighted by atomic mass is 9.91. The van der Waals surface area contributed by atoms with Crippen molar-refractivity contribution in [1.29, 1.82) is 0 Å². The number of carbonyl (C=O) groups is 2. The summed E-state index contributed by atoms with van der Waals surface area (Å²) in [5, 5.41) is 1.00. The van der Waals surface area contributed by atoms with Gasteiger partial charge in [-0.3, -0.25) is 9.59 Å². The van der Waals surface area contributed by atoms with Gasteiger partial charge in [0, 0.05) is 6.92 Å². The number of halogens is 2. The first kappa shape index (κ1) is 16.0. The van der Waals surface area contributed by atoms with Crippen molar-refractivity contribution in [1.82, 2.24) is 0 Å². The van der Waals surface area contributed by atoms with Crippen LogP contribution in [0.25, 0.3) is 0 Å². The Labute approximate surface area is 144 Å². The topological polar surface area (TPSA) is 37.4 Å². The Morgan fingerprint density at radius 1 is 1.17 bits per heavy atom. The van der Waals surface area contributed by atoms with Gasteiger partial charge in [-0.05, 0) is 42.2 Å². The molecule has 0 aliphatic carbocycles. The van der Waals surface area contributed by atoms with E-state index < -0.39 is 0 Å². The highest BCUT2D eigenvalue weighted by molar-refractivity contribution is 6.42. The molecule has 0 N–H and O–H groups in total. The minimum atomic E-state index is -0.383. The Kier molecular flexibility index (Phi) is 4.17. The van der Waals surface area contributed by atoms with Gasteiger partial charge in [-0.15, -0.1) is 0 Å². The van der Waals surface area contributed by atoms with Crippen molar-refractivity contribution in [2.75, 3.05) is 4.90 Å². The molecule has 118 valence electrons. The lowest BCUT2D eigenvalue weighted by Crippen LogP contribution is -2.33. The summed E-state index contributed by atoms with van der Waals surface area (Å²) >= 11 is 12.2. The summed E-state index contributed by atoms with van der Waals surface area (Å²) in [6, 6.07) is 11.0. The summed E-state index contributed by atoms with van der Waals surface area (Å²) in [6.45, 7) is 3.29. The zero-order chi connectivity index (χ0) is 16.7. The van der Waals surface area contributed by atoms with Gasteiger partial charge < -0.3 is 0 Å². The van der Waals surface area contributed by atoms with Crippen molar-refractivity contribution in [3.05, 3.63) is 63.1 Å². The Morgan fingerprint density at radius 2 is 1.87 bits per heavy atom. The number of para-hydroxylation sites is 1. The predicted molar refractivity (Wildman–Crippen MR) is 92.3 cm³/mol. The van der Waals surface area contributed by atoms with Crippen LogP contribution < -0.4 is 4.90 Å². The highest BCUT2D eigenvalue weighted by Crippen LogP contribution is 2.40. The molecule has 1 aliphatic rings. The van der Waals surface area contributed by atoms with Gasteiger partial charge in [-0.2, -0.15) is 0 Å². The second-order valence-corrected chi connectivity index (χ2v) is 6.44. The fraction of sp³-hybridized carbons (Fsp3) is 0.222. The van der Waals surface area contributed by atoms with Crippen molar-refractivity contribution in [2.24, 2.45) is 0 Å². The first-order valence-corrected chi connectivity index (χ1v) is 8.04. The molecule has 2 aromatic carbocycles. The molecule has 0 saturated carbocycles. The molecule has 23 heavy (non-hydrogen) atoms. The van der Waals surface area contributed by atoms with E-state index in [1.807, 2.05) is 31.2 Å². The number of hydrogen-bond acceptors (Lipinski definition) is 2. The first-order valence-electron chi connectivity index (χ1n) is 7.28. The molecule has 2 aromatic rings. The minimum Gasteiger partial charge on any atom is -0.274 e. The summed E-state index contributed by atoms with van der Waals surface area (Å²) in [6.07, 6.45) is 0.488. The summed E-state index contributed by atoms with van der Waals surface area (Å²) in [7, 11) is 0. The van der Waals surface area contributed by atoms with E-state index in [1.165, 1.54) is 11.8 Å². The van der Waals surface area contributed by atoms with Crippen LogP contribution in [0.4, 0.5) is 5.69 Å². The number of rotatable bonds is 2. The van der Waals surface area contributed by atoms with E-state index in [2.05, 4.69) is 0 Å². The van der Waals surface area contributed by atoms with Gasteiger partial charge in [-0.1, -0.05) is 47.5 Å². The van der Waals surface area contributed by atoms with E-state index in [0.717, 1.165) is 16.7 Å². The smallest absolute Gasteiger partial charge is 0.241 e. The van der Waals surface area contributed by atoms with Crippen LogP contribution in [-0.2, 0) is 16.0 Å². The van der Waals surface area contributed by atoms with E-state index in [4.69, 9.17) is 23.2 Å². The van der Waals surface area contributed by atoms with Gasteiger partial charge >= 0.3 is 0 Å². The van der Waals surface area contributed by atoms with Gasteiger partial charge in [0.25, 0.3) is 0 Å². The molecule has 0 aromatic heterocycles. The van der Waals surface area contributed by atoms with Crippen LogP contribution >= 0.6 is 23.2 Å². The molecule has 1 heterocycles. The zero-order valence-electron chi connectivity index (χ0n) is 12.8. The molecular weight excluding hydrogens is 333 g/mol. The predicted octanol–water partition coefficient (Wildman–Crippen LogP) is 4.52. The van der Waals surface area contributed by atoms with Crippen LogP contribution in [0.5, 0.6) is 0 Å². The molecule has 0 radical (unpaired) electrons. The normalized spacial score (nSPS) is 16.6. The molecule has 0 spiro atoms. The van der Waals surface area contributed by atoms with Crippen molar-refractivity contribution in [3.63, 3.8) is 0 Å². The third-order valence-electron chi connectivity index (χ3n) is 4.26. The molecule has 5 heteroatoms. The van der Waals surface area contributed by atoms with Crippen molar-refractivity contribution < 1.29 is 9.59 Å². The number of fused-ring (bicyclic) bond motifs is 1. The molecule has 1 atom stereocenters.